The number of nitrogens with one attached hydrogen (secondary N) is 2. The number of piperazine rings is 1. The quantitative estimate of drug-likeness (QED) is 0.236. The first kappa shape index (κ1) is 14.3. The summed E-state index contributed by atoms with van der Waals surface area (Å²) in [5, 5.41) is 16.7. The van der Waals surface area contributed by atoms with Crippen molar-refractivity contribution in [2.75, 3.05) is 7.05 Å². The van der Waals surface area contributed by atoms with Gasteiger partial charge < -0.3 is 20.6 Å². The first-order valence-corrected chi connectivity index (χ1v) is 9.19. The molecule has 3 fully saturated rings. The van der Waals surface area contributed by atoms with Crippen LogP contribution in [0.5, 0.6) is 0 Å². The first-order valence-electron chi connectivity index (χ1n) is 6.70. The van der Waals surface area contributed by atoms with Gasteiger partial charge in [0.05, 0.1) is 20.1 Å². The largest absolute Gasteiger partial charge is 0.368 e. The number of hydrogen-bond donors (Lipinski definition) is 3. The SMILES string of the molecule is CN1C(=O)N[C@H]2[C@@H]3NC(=O)C4=CC(I)C(I)N4[C@@H]3C[C@]21O. The van der Waals surface area contributed by atoms with Crippen molar-refractivity contribution in [1.29, 1.82) is 0 Å². The lowest BCUT2D eigenvalue weighted by molar-refractivity contribution is -0.122. The molecule has 0 aromatic rings. The maximum absolute atomic E-state index is 12.3. The fourth-order valence-corrected chi connectivity index (χ4v) is 5.47. The minimum absolute atomic E-state index is 0.00586. The second kappa shape index (κ2) is 4.37. The number of fused-ring (bicyclic) bond motifs is 5. The van der Waals surface area contributed by atoms with Crippen LogP contribution >= 0.6 is 45.2 Å². The molecule has 0 spiro atoms. The van der Waals surface area contributed by atoms with Gasteiger partial charge in [0.1, 0.15) is 11.7 Å². The third kappa shape index (κ3) is 1.68. The standard InChI is InChI=1S/C12H14I2N4O3/c1-17-11(20)16-8-7-6(3-12(8,17)21)18-5(10(19)15-7)2-4(13)9(18)14/h2,4,6-9,21H,3H2,1H3,(H,15,19)(H,16,20)/t4?,6-,7-,8+,9?,12+/m1/s1. The van der Waals surface area contributed by atoms with E-state index < -0.39 is 11.8 Å². The van der Waals surface area contributed by atoms with Crippen molar-refractivity contribution < 1.29 is 14.7 Å². The molecule has 0 aromatic carbocycles. The van der Waals surface area contributed by atoms with Crippen LogP contribution in [0.1, 0.15) is 6.42 Å². The number of alkyl halides is 2. The van der Waals surface area contributed by atoms with Gasteiger partial charge >= 0.3 is 6.03 Å². The molecular formula is C12H14I2N4O3. The van der Waals surface area contributed by atoms with Crippen LogP contribution in [0.25, 0.3) is 0 Å². The number of carbonyl (C=O) groups is 2. The molecule has 3 heterocycles. The number of urea groups is 1. The van der Waals surface area contributed by atoms with Gasteiger partial charge in [-0.2, -0.15) is 0 Å². The Morgan fingerprint density at radius 2 is 2.10 bits per heavy atom. The lowest BCUT2D eigenvalue weighted by Crippen LogP contribution is -2.62. The molecule has 6 atom stereocenters. The Hall–Kier alpha value is -0.300. The third-order valence-corrected chi connectivity index (χ3v) is 8.75. The molecule has 0 radical (unpaired) electrons. The van der Waals surface area contributed by atoms with Crippen molar-refractivity contribution in [2.24, 2.45) is 0 Å². The zero-order valence-electron chi connectivity index (χ0n) is 11.1. The van der Waals surface area contributed by atoms with Gasteiger partial charge in [0.25, 0.3) is 5.91 Å². The molecule has 21 heavy (non-hydrogen) atoms. The van der Waals surface area contributed by atoms with Gasteiger partial charge in [0.15, 0.2) is 5.72 Å². The Balaban J connectivity index is 1.74. The smallest absolute Gasteiger partial charge is 0.319 e. The van der Waals surface area contributed by atoms with Crippen LogP contribution in [-0.2, 0) is 4.79 Å². The van der Waals surface area contributed by atoms with E-state index >= 15 is 0 Å². The molecule has 4 aliphatic rings. The van der Waals surface area contributed by atoms with Crippen LogP contribution in [-0.4, -0.2) is 65.7 Å². The molecular weight excluding hydrogens is 502 g/mol. The van der Waals surface area contributed by atoms with Crippen molar-refractivity contribution >= 4 is 57.1 Å². The summed E-state index contributed by atoms with van der Waals surface area (Å²) >= 11 is 4.66. The van der Waals surface area contributed by atoms with Crippen LogP contribution in [0.3, 0.4) is 0 Å². The fourth-order valence-electron chi connectivity index (χ4n) is 3.86. The highest BCUT2D eigenvalue weighted by atomic mass is 127. The van der Waals surface area contributed by atoms with E-state index in [0.717, 1.165) is 0 Å². The summed E-state index contributed by atoms with van der Waals surface area (Å²) in [7, 11) is 1.60. The highest BCUT2D eigenvalue weighted by Crippen LogP contribution is 2.46. The molecule has 0 bridgehead atoms. The Labute approximate surface area is 148 Å². The Morgan fingerprint density at radius 3 is 2.81 bits per heavy atom. The lowest BCUT2D eigenvalue weighted by atomic mass is 10.0. The number of likely N-dealkylation sites (N-methyl/N-ethyl adjacent to an activating group) is 1. The molecule has 4 rings (SSSR count). The maximum atomic E-state index is 12.3. The summed E-state index contributed by atoms with van der Waals surface area (Å²) in [6.45, 7) is 0. The Kier molecular flexibility index (Phi) is 2.98. The summed E-state index contributed by atoms with van der Waals surface area (Å²) in [5.41, 5.74) is -0.554. The van der Waals surface area contributed by atoms with Crippen molar-refractivity contribution in [3.63, 3.8) is 0 Å². The van der Waals surface area contributed by atoms with E-state index in [0.29, 0.717) is 12.1 Å². The maximum Gasteiger partial charge on any atom is 0.319 e. The van der Waals surface area contributed by atoms with E-state index in [2.05, 4.69) is 60.7 Å². The number of rotatable bonds is 0. The predicted octanol–water partition coefficient (Wildman–Crippen LogP) is -0.267. The summed E-state index contributed by atoms with van der Waals surface area (Å²) in [5.74, 6) is -0.120. The van der Waals surface area contributed by atoms with Crippen LogP contribution in [0.15, 0.2) is 11.8 Å². The summed E-state index contributed by atoms with van der Waals surface area (Å²) in [4.78, 5) is 27.6. The van der Waals surface area contributed by atoms with Gasteiger partial charge in [-0.25, -0.2) is 4.79 Å². The zero-order chi connectivity index (χ0) is 15.1. The Bertz CT molecular complexity index is 585. The van der Waals surface area contributed by atoms with Crippen LogP contribution in [0.4, 0.5) is 4.79 Å². The lowest BCUT2D eigenvalue weighted by Gasteiger charge is -2.41. The van der Waals surface area contributed by atoms with Gasteiger partial charge in [-0.05, 0) is 6.08 Å². The minimum atomic E-state index is -1.24. The molecule has 0 aromatic heterocycles. The first-order chi connectivity index (χ1) is 9.84. The highest BCUT2D eigenvalue weighted by Gasteiger charge is 2.65. The number of amides is 3. The fraction of sp³-hybridized carbons (Fsp3) is 0.667. The summed E-state index contributed by atoms with van der Waals surface area (Å²) in [6.07, 6.45) is 2.40. The molecule has 9 heteroatoms. The Morgan fingerprint density at radius 1 is 1.38 bits per heavy atom. The van der Waals surface area contributed by atoms with Crippen molar-refractivity contribution in [3.05, 3.63) is 11.8 Å². The molecule has 3 aliphatic heterocycles. The molecule has 1 aliphatic carbocycles. The second-order valence-corrected chi connectivity index (χ2v) is 8.63. The average molecular weight is 516 g/mol. The summed E-state index contributed by atoms with van der Waals surface area (Å²) in [6, 6.07) is -1.04. The van der Waals surface area contributed by atoms with Crippen LogP contribution < -0.4 is 10.6 Å². The molecule has 1 saturated carbocycles. The third-order valence-electron chi connectivity index (χ3n) is 4.96. The molecule has 2 saturated heterocycles. The van der Waals surface area contributed by atoms with E-state index in [1.807, 2.05) is 6.08 Å². The van der Waals surface area contributed by atoms with Gasteiger partial charge in [-0.3, -0.25) is 9.69 Å². The zero-order valence-corrected chi connectivity index (χ0v) is 15.4. The number of nitrogens with zero attached hydrogens (tertiary/aromatic N) is 2. The normalized spacial score (nSPS) is 47.6. The van der Waals surface area contributed by atoms with Gasteiger partial charge in [0.2, 0.25) is 0 Å². The predicted molar refractivity (Wildman–Crippen MR) is 90.9 cm³/mol. The second-order valence-electron chi connectivity index (χ2n) is 5.91. The number of hydrogen-bond acceptors (Lipinski definition) is 4. The summed E-state index contributed by atoms with van der Waals surface area (Å²) < 4.78 is 0.435. The van der Waals surface area contributed by atoms with E-state index in [4.69, 9.17) is 0 Å². The number of aliphatic hydroxyl groups is 1. The molecule has 3 amide bonds. The average Bonchev–Trinajstić information content (AvgIpc) is 2.95. The van der Waals surface area contributed by atoms with Crippen molar-refractivity contribution in [1.82, 2.24) is 20.4 Å². The van der Waals surface area contributed by atoms with Crippen molar-refractivity contribution in [3.8, 4) is 0 Å². The molecule has 3 N–H and O–H groups in total. The van der Waals surface area contributed by atoms with E-state index in [1.165, 1.54) is 4.90 Å². The van der Waals surface area contributed by atoms with Gasteiger partial charge in [0, 0.05) is 13.5 Å². The van der Waals surface area contributed by atoms with Crippen molar-refractivity contribution in [2.45, 2.75) is 38.2 Å². The molecule has 7 nitrogen and oxygen atoms in total. The van der Waals surface area contributed by atoms with Crippen LogP contribution in [0, 0.1) is 0 Å². The van der Waals surface area contributed by atoms with Crippen LogP contribution in [0.2, 0.25) is 0 Å². The monoisotopic (exact) mass is 516 g/mol. The van der Waals surface area contributed by atoms with E-state index in [1.54, 1.807) is 7.05 Å². The van der Waals surface area contributed by atoms with Gasteiger partial charge in [-0.1, -0.05) is 45.2 Å². The number of carbonyl (C=O) groups excluding carboxylic acids is 2. The minimum Gasteiger partial charge on any atom is -0.368 e. The van der Waals surface area contributed by atoms with Gasteiger partial charge in [-0.15, -0.1) is 0 Å². The highest BCUT2D eigenvalue weighted by molar-refractivity contribution is 14.1. The number of halogens is 2. The topological polar surface area (TPSA) is 84.9 Å². The van der Waals surface area contributed by atoms with E-state index in [9.17, 15) is 14.7 Å². The molecule has 114 valence electrons. The van der Waals surface area contributed by atoms with E-state index in [-0.39, 0.29) is 32.0 Å². The molecule has 2 unspecified atom stereocenters.